The van der Waals surface area contributed by atoms with E-state index in [-0.39, 0.29) is 16.3 Å². The maximum absolute atomic E-state index is 13.0. The molecule has 0 atom stereocenters. The van der Waals surface area contributed by atoms with Crippen molar-refractivity contribution in [2.75, 3.05) is 11.9 Å². The Morgan fingerprint density at radius 1 is 1.12 bits per heavy atom. The smallest absolute Gasteiger partial charge is 0.283 e. The molecular weight excluding hydrogens is 360 g/mol. The highest BCUT2D eigenvalue weighted by Crippen LogP contribution is 2.23. The first-order valence-corrected chi connectivity index (χ1v) is 7.13. The Morgan fingerprint density at radius 3 is 2.48 bits per heavy atom. The molecule has 2 amide bonds. The second kappa shape index (κ2) is 7.67. The Balaban J connectivity index is 2.01. The van der Waals surface area contributed by atoms with Crippen LogP contribution in [0.15, 0.2) is 36.4 Å². The summed E-state index contributed by atoms with van der Waals surface area (Å²) in [6.07, 6.45) is 0. The van der Waals surface area contributed by atoms with Crippen LogP contribution in [0.5, 0.6) is 0 Å². The van der Waals surface area contributed by atoms with Crippen molar-refractivity contribution in [3.05, 3.63) is 68.7 Å². The Labute approximate surface area is 144 Å². The number of nitro benzene ring substituents is 1. The lowest BCUT2D eigenvalue weighted by Crippen LogP contribution is -2.33. The van der Waals surface area contributed by atoms with Gasteiger partial charge in [-0.25, -0.2) is 8.78 Å². The number of benzene rings is 2. The van der Waals surface area contributed by atoms with E-state index in [4.69, 9.17) is 11.6 Å². The zero-order valence-corrected chi connectivity index (χ0v) is 13.1. The first-order valence-electron chi connectivity index (χ1n) is 6.75. The number of amides is 2. The fourth-order valence-electron chi connectivity index (χ4n) is 1.88. The molecule has 0 aromatic heterocycles. The molecule has 0 saturated carbocycles. The first-order chi connectivity index (χ1) is 11.8. The van der Waals surface area contributed by atoms with Crippen molar-refractivity contribution >= 4 is 34.8 Å². The predicted octanol–water partition coefficient (Wildman–Crippen LogP) is 2.89. The molecule has 7 nitrogen and oxygen atoms in total. The lowest BCUT2D eigenvalue weighted by Gasteiger charge is -2.08. The largest absolute Gasteiger partial charge is 0.343 e. The normalized spacial score (nSPS) is 10.2. The number of rotatable bonds is 5. The molecule has 0 bridgehead atoms. The van der Waals surface area contributed by atoms with E-state index in [0.717, 1.165) is 30.3 Å². The number of hydrogen-bond donors (Lipinski definition) is 2. The highest BCUT2D eigenvalue weighted by atomic mass is 35.5. The standard InChI is InChI=1S/C15H10ClF2N3O4/c16-8-1-3-10(13(5-8)21(24)25)15(23)19-7-14(22)20-9-2-4-11(17)12(18)6-9/h1-6H,7H2,(H,19,23)(H,20,22). The second-order valence-corrected chi connectivity index (χ2v) is 5.21. The molecule has 0 aliphatic heterocycles. The maximum Gasteiger partial charge on any atom is 0.283 e. The van der Waals surface area contributed by atoms with Crippen molar-refractivity contribution in [1.82, 2.24) is 5.32 Å². The third kappa shape index (κ3) is 4.70. The van der Waals surface area contributed by atoms with Gasteiger partial charge in [0.15, 0.2) is 11.6 Å². The molecule has 0 saturated heterocycles. The van der Waals surface area contributed by atoms with Crippen LogP contribution in [0.2, 0.25) is 5.02 Å². The molecule has 10 heteroatoms. The summed E-state index contributed by atoms with van der Waals surface area (Å²) < 4.78 is 25.8. The number of carbonyl (C=O) groups is 2. The van der Waals surface area contributed by atoms with Gasteiger partial charge in [-0.05, 0) is 24.3 Å². The number of nitrogens with zero attached hydrogens (tertiary/aromatic N) is 1. The zero-order valence-electron chi connectivity index (χ0n) is 12.4. The molecule has 2 aromatic rings. The van der Waals surface area contributed by atoms with Gasteiger partial charge >= 0.3 is 0 Å². The number of carbonyl (C=O) groups excluding carboxylic acids is 2. The van der Waals surface area contributed by atoms with Gasteiger partial charge in [-0.15, -0.1) is 0 Å². The molecular formula is C15H10ClF2N3O4. The fourth-order valence-corrected chi connectivity index (χ4v) is 2.05. The van der Waals surface area contributed by atoms with E-state index in [2.05, 4.69) is 10.6 Å². The number of hydrogen-bond acceptors (Lipinski definition) is 4. The average Bonchev–Trinajstić information content (AvgIpc) is 2.56. The average molecular weight is 370 g/mol. The molecule has 0 radical (unpaired) electrons. The topological polar surface area (TPSA) is 101 Å². The van der Waals surface area contributed by atoms with Gasteiger partial charge in [0.25, 0.3) is 11.6 Å². The molecule has 0 unspecified atom stereocenters. The van der Waals surface area contributed by atoms with Crippen molar-refractivity contribution in [3.8, 4) is 0 Å². The number of anilines is 1. The van der Waals surface area contributed by atoms with E-state index in [0.29, 0.717) is 0 Å². The van der Waals surface area contributed by atoms with E-state index >= 15 is 0 Å². The van der Waals surface area contributed by atoms with Gasteiger partial charge in [0, 0.05) is 22.8 Å². The molecule has 0 aliphatic rings. The summed E-state index contributed by atoms with van der Waals surface area (Å²) in [5, 5.41) is 15.5. The van der Waals surface area contributed by atoms with Gasteiger partial charge in [0.1, 0.15) is 5.56 Å². The minimum Gasteiger partial charge on any atom is -0.343 e. The van der Waals surface area contributed by atoms with Crippen LogP contribution in [0.3, 0.4) is 0 Å². The van der Waals surface area contributed by atoms with Crippen LogP contribution in [-0.4, -0.2) is 23.3 Å². The van der Waals surface area contributed by atoms with Crippen molar-refractivity contribution in [2.45, 2.75) is 0 Å². The van der Waals surface area contributed by atoms with Crippen molar-refractivity contribution in [2.24, 2.45) is 0 Å². The summed E-state index contributed by atoms with van der Waals surface area (Å²) in [4.78, 5) is 33.9. The number of halogens is 3. The fraction of sp³-hybridized carbons (Fsp3) is 0.0667. The predicted molar refractivity (Wildman–Crippen MR) is 85.4 cm³/mol. The van der Waals surface area contributed by atoms with Gasteiger partial charge in [-0.3, -0.25) is 19.7 Å². The van der Waals surface area contributed by atoms with Crippen LogP contribution < -0.4 is 10.6 Å². The van der Waals surface area contributed by atoms with E-state index in [1.54, 1.807) is 0 Å². The van der Waals surface area contributed by atoms with Gasteiger partial charge in [-0.1, -0.05) is 11.6 Å². The monoisotopic (exact) mass is 369 g/mol. The second-order valence-electron chi connectivity index (χ2n) is 4.78. The van der Waals surface area contributed by atoms with E-state index in [1.807, 2.05) is 0 Å². The number of nitrogens with one attached hydrogen (secondary N) is 2. The number of nitro groups is 1. The summed E-state index contributed by atoms with van der Waals surface area (Å²) >= 11 is 5.65. The van der Waals surface area contributed by atoms with E-state index in [9.17, 15) is 28.5 Å². The molecule has 130 valence electrons. The molecule has 2 rings (SSSR count). The lowest BCUT2D eigenvalue weighted by atomic mass is 10.1. The lowest BCUT2D eigenvalue weighted by molar-refractivity contribution is -0.385. The van der Waals surface area contributed by atoms with Crippen molar-refractivity contribution < 1.29 is 23.3 Å². The molecule has 2 aromatic carbocycles. The van der Waals surface area contributed by atoms with Gasteiger partial charge in [0.05, 0.1) is 11.5 Å². The molecule has 0 spiro atoms. The Hall–Kier alpha value is -3.07. The molecule has 0 heterocycles. The quantitative estimate of drug-likeness (QED) is 0.625. The summed E-state index contributed by atoms with van der Waals surface area (Å²) in [6, 6.07) is 6.22. The third-order valence-electron chi connectivity index (χ3n) is 3.01. The molecule has 0 fully saturated rings. The van der Waals surface area contributed by atoms with Crippen LogP contribution in [0.4, 0.5) is 20.2 Å². The summed E-state index contributed by atoms with van der Waals surface area (Å²) in [7, 11) is 0. The van der Waals surface area contributed by atoms with Crippen LogP contribution in [0, 0.1) is 21.7 Å². The Morgan fingerprint density at radius 2 is 1.84 bits per heavy atom. The van der Waals surface area contributed by atoms with E-state index in [1.165, 1.54) is 6.07 Å². The summed E-state index contributed by atoms with van der Waals surface area (Å²) in [6.45, 7) is -0.530. The molecule has 25 heavy (non-hydrogen) atoms. The summed E-state index contributed by atoms with van der Waals surface area (Å²) in [5.41, 5.74) is -0.781. The SMILES string of the molecule is O=C(CNC(=O)c1ccc(Cl)cc1[N+](=O)[O-])Nc1ccc(F)c(F)c1. The van der Waals surface area contributed by atoms with E-state index < -0.39 is 40.6 Å². The first kappa shape index (κ1) is 18.3. The van der Waals surface area contributed by atoms with Crippen LogP contribution >= 0.6 is 11.6 Å². The molecule has 2 N–H and O–H groups in total. The highest BCUT2D eigenvalue weighted by Gasteiger charge is 2.21. The van der Waals surface area contributed by atoms with Crippen LogP contribution in [-0.2, 0) is 4.79 Å². The zero-order chi connectivity index (χ0) is 18.6. The Bertz CT molecular complexity index is 861. The minimum atomic E-state index is -1.14. The van der Waals surface area contributed by atoms with Gasteiger partial charge < -0.3 is 10.6 Å². The van der Waals surface area contributed by atoms with Crippen LogP contribution in [0.25, 0.3) is 0 Å². The Kier molecular flexibility index (Phi) is 5.60. The highest BCUT2D eigenvalue weighted by molar-refractivity contribution is 6.31. The van der Waals surface area contributed by atoms with Gasteiger partial charge in [0.2, 0.25) is 5.91 Å². The molecule has 0 aliphatic carbocycles. The van der Waals surface area contributed by atoms with Crippen LogP contribution in [0.1, 0.15) is 10.4 Å². The summed E-state index contributed by atoms with van der Waals surface area (Å²) in [5.74, 6) is -3.79. The minimum absolute atomic E-state index is 0.00405. The maximum atomic E-state index is 13.0. The van der Waals surface area contributed by atoms with Crippen molar-refractivity contribution in [3.63, 3.8) is 0 Å². The third-order valence-corrected chi connectivity index (χ3v) is 3.25. The van der Waals surface area contributed by atoms with Crippen molar-refractivity contribution in [1.29, 1.82) is 0 Å². The van der Waals surface area contributed by atoms with Gasteiger partial charge in [-0.2, -0.15) is 0 Å².